The number of carboxylic acid groups (broad SMARTS) is 2. The molecule has 0 saturated heterocycles. The van der Waals surface area contributed by atoms with E-state index in [0.29, 0.717) is 35.1 Å². The molecule has 4 rings (SSSR count). The van der Waals surface area contributed by atoms with Gasteiger partial charge in [0.05, 0.1) is 23.0 Å². The highest BCUT2D eigenvalue weighted by Gasteiger charge is 2.34. The van der Waals surface area contributed by atoms with E-state index in [1.807, 2.05) is 6.07 Å². The normalized spacial score (nSPS) is 15.5. The summed E-state index contributed by atoms with van der Waals surface area (Å²) in [4.78, 5) is 63.9. The van der Waals surface area contributed by atoms with Crippen LogP contribution in [0.4, 0.5) is 5.69 Å². The lowest BCUT2D eigenvalue weighted by Crippen LogP contribution is -2.46. The number of aryl methyl sites for hydroxylation is 2. The topological polar surface area (TPSA) is 185 Å². The minimum absolute atomic E-state index is 0.0919. The van der Waals surface area contributed by atoms with Gasteiger partial charge < -0.3 is 26.2 Å². The number of aromatic amines is 1. The van der Waals surface area contributed by atoms with E-state index in [1.165, 1.54) is 4.57 Å². The predicted molar refractivity (Wildman–Crippen MR) is 139 cm³/mol. The minimum Gasteiger partial charge on any atom is -0.481 e. The summed E-state index contributed by atoms with van der Waals surface area (Å²) in [6.07, 6.45) is 0.926. The van der Waals surface area contributed by atoms with Crippen LogP contribution in [-0.2, 0) is 27.2 Å². The second-order valence-corrected chi connectivity index (χ2v) is 9.87. The van der Waals surface area contributed by atoms with Crippen LogP contribution < -0.4 is 22.2 Å². The van der Waals surface area contributed by atoms with Crippen LogP contribution in [0.15, 0.2) is 50.5 Å². The van der Waals surface area contributed by atoms with Crippen molar-refractivity contribution in [3.05, 3.63) is 72.7 Å². The summed E-state index contributed by atoms with van der Waals surface area (Å²) >= 11 is 3.42. The summed E-state index contributed by atoms with van der Waals surface area (Å²) in [6, 6.07) is 9.60. The monoisotopic (exact) mass is 572 g/mol. The first kappa shape index (κ1) is 26.3. The molecule has 12 heteroatoms. The van der Waals surface area contributed by atoms with E-state index in [9.17, 15) is 24.0 Å². The molecule has 6 N–H and O–H groups in total. The molecule has 0 fully saturated rings. The first-order chi connectivity index (χ1) is 17.6. The third-order valence-electron chi connectivity index (χ3n) is 6.73. The zero-order valence-corrected chi connectivity index (χ0v) is 21.2. The Hall–Kier alpha value is -3.77. The Morgan fingerprint density at radius 1 is 1.16 bits per heavy atom. The van der Waals surface area contributed by atoms with Gasteiger partial charge in [-0.2, -0.15) is 0 Å². The highest BCUT2D eigenvalue weighted by atomic mass is 79.9. The number of benzene rings is 2. The average molecular weight is 573 g/mol. The fourth-order valence-corrected chi connectivity index (χ4v) is 5.43. The Morgan fingerprint density at radius 3 is 2.54 bits per heavy atom. The maximum atomic E-state index is 13.4. The van der Waals surface area contributed by atoms with Crippen LogP contribution in [0.25, 0.3) is 11.0 Å². The van der Waals surface area contributed by atoms with Crippen LogP contribution in [0.3, 0.4) is 0 Å². The first-order valence-electron chi connectivity index (χ1n) is 11.6. The van der Waals surface area contributed by atoms with Crippen molar-refractivity contribution < 1.29 is 24.6 Å². The van der Waals surface area contributed by atoms with Gasteiger partial charge in [0.2, 0.25) is 5.91 Å². The second kappa shape index (κ2) is 10.7. The molecule has 3 aromatic rings. The van der Waals surface area contributed by atoms with Crippen molar-refractivity contribution in [2.45, 2.75) is 31.7 Å². The van der Waals surface area contributed by atoms with Gasteiger partial charge in [0.25, 0.3) is 0 Å². The number of nitrogens with one attached hydrogen (secondary N) is 2. The Bertz CT molecular complexity index is 1500. The molecule has 0 aliphatic carbocycles. The van der Waals surface area contributed by atoms with E-state index >= 15 is 0 Å². The molecule has 0 bridgehead atoms. The van der Waals surface area contributed by atoms with Crippen molar-refractivity contribution in [3.63, 3.8) is 0 Å². The molecular weight excluding hydrogens is 548 g/mol. The number of hydrogen-bond donors (Lipinski definition) is 5. The lowest BCUT2D eigenvalue weighted by Gasteiger charge is -2.32. The molecule has 1 unspecified atom stereocenters. The fraction of sp³-hybridized carbons (Fsp3) is 0.320. The van der Waals surface area contributed by atoms with Crippen LogP contribution in [0.2, 0.25) is 0 Å². The number of carbonyl (C=O) groups is 3. The molecule has 0 saturated carbocycles. The number of para-hydroxylation sites is 1. The number of H-pyrrole nitrogens is 1. The zero-order valence-electron chi connectivity index (χ0n) is 19.6. The van der Waals surface area contributed by atoms with Crippen molar-refractivity contribution in [2.75, 3.05) is 11.9 Å². The number of nitrogens with zero attached hydrogens (tertiary/aromatic N) is 1. The van der Waals surface area contributed by atoms with Crippen molar-refractivity contribution in [3.8, 4) is 0 Å². The quantitative estimate of drug-likeness (QED) is 0.190. The number of hydrogen-bond acceptors (Lipinski definition) is 6. The van der Waals surface area contributed by atoms with E-state index in [4.69, 9.17) is 15.9 Å². The maximum Gasteiger partial charge on any atom is 0.317 e. The number of amides is 1. The third-order valence-corrected chi connectivity index (χ3v) is 7.18. The third kappa shape index (κ3) is 5.20. The number of aliphatic carboxylic acids is 2. The van der Waals surface area contributed by atoms with Crippen molar-refractivity contribution in [2.24, 2.45) is 17.6 Å². The molecule has 194 valence electrons. The number of aromatic nitrogens is 2. The molecule has 1 aliphatic rings. The molecule has 11 nitrogen and oxygen atoms in total. The lowest BCUT2D eigenvalue weighted by atomic mass is 9.88. The molecule has 2 atom stereocenters. The molecule has 37 heavy (non-hydrogen) atoms. The van der Waals surface area contributed by atoms with Gasteiger partial charge in [-0.15, -0.1) is 0 Å². The number of carboxylic acids is 2. The number of anilines is 1. The lowest BCUT2D eigenvalue weighted by molar-refractivity contribution is -0.154. The van der Waals surface area contributed by atoms with E-state index in [2.05, 4.69) is 26.2 Å². The van der Waals surface area contributed by atoms with Crippen LogP contribution in [0.1, 0.15) is 30.0 Å². The molecular formula is C25H25BrN4O7. The summed E-state index contributed by atoms with van der Waals surface area (Å²) in [7, 11) is 0. The molecule has 1 aromatic heterocycles. The Balaban J connectivity index is 1.64. The van der Waals surface area contributed by atoms with Gasteiger partial charge in [0.15, 0.2) is 5.92 Å². The summed E-state index contributed by atoms with van der Waals surface area (Å²) in [5, 5.41) is 21.1. The summed E-state index contributed by atoms with van der Waals surface area (Å²) in [5.41, 5.74) is 7.32. The van der Waals surface area contributed by atoms with Gasteiger partial charge in [-0.05, 0) is 55.0 Å². The van der Waals surface area contributed by atoms with Crippen LogP contribution in [-0.4, -0.2) is 44.2 Å². The Labute approximate surface area is 218 Å². The summed E-state index contributed by atoms with van der Waals surface area (Å²) < 4.78 is 2.12. The fourth-order valence-electron chi connectivity index (χ4n) is 4.92. The number of nitrogens with two attached hydrogens (primary N) is 1. The van der Waals surface area contributed by atoms with Gasteiger partial charge >= 0.3 is 23.1 Å². The van der Waals surface area contributed by atoms with E-state index in [-0.39, 0.29) is 19.4 Å². The Morgan fingerprint density at radius 2 is 1.86 bits per heavy atom. The van der Waals surface area contributed by atoms with E-state index < -0.39 is 46.8 Å². The number of carbonyl (C=O) groups excluding carboxylic acids is 1. The van der Waals surface area contributed by atoms with Crippen molar-refractivity contribution >= 4 is 50.5 Å². The molecule has 1 amide bonds. The van der Waals surface area contributed by atoms with Gasteiger partial charge in [-0.1, -0.05) is 34.1 Å². The zero-order chi connectivity index (χ0) is 26.9. The molecule has 0 radical (unpaired) electrons. The van der Waals surface area contributed by atoms with E-state index in [1.54, 1.807) is 30.3 Å². The van der Waals surface area contributed by atoms with E-state index in [0.717, 1.165) is 10.0 Å². The summed E-state index contributed by atoms with van der Waals surface area (Å²) in [5.74, 6) is -5.76. The molecule has 0 spiro atoms. The largest absolute Gasteiger partial charge is 0.481 e. The molecule has 2 aromatic carbocycles. The second-order valence-electron chi connectivity index (χ2n) is 8.95. The Kier molecular flexibility index (Phi) is 7.60. The maximum absolute atomic E-state index is 13.4. The first-order valence-corrected chi connectivity index (χ1v) is 12.4. The molecule has 1 aliphatic heterocycles. The average Bonchev–Trinajstić information content (AvgIpc) is 2.83. The smallest absolute Gasteiger partial charge is 0.317 e. The van der Waals surface area contributed by atoms with Crippen molar-refractivity contribution in [1.29, 1.82) is 0 Å². The minimum atomic E-state index is -1.58. The van der Waals surface area contributed by atoms with Crippen LogP contribution >= 0.6 is 15.9 Å². The standard InChI is InChI=1S/C25H25BrN4O7/c26-14-9-13-6-8-19(30-20(13)18(10-14)29-22(32)23(30)33)16(11-27)21(31)28-17-4-2-1-3-12(17)5-7-15(24(34)35)25(36)37/h1-4,9-10,15-16,19H,5-8,11,27H2,(H,28,31)(H,29,32)(H,34,35)(H,36,37)/t16?,19-/m0/s1. The predicted octanol–water partition coefficient (Wildman–Crippen LogP) is 1.87. The van der Waals surface area contributed by atoms with Crippen LogP contribution in [0, 0.1) is 11.8 Å². The van der Waals surface area contributed by atoms with Crippen molar-refractivity contribution in [1.82, 2.24) is 9.55 Å². The summed E-state index contributed by atoms with van der Waals surface area (Å²) in [6.45, 7) is -0.0919. The number of rotatable bonds is 9. The van der Waals surface area contributed by atoms with Gasteiger partial charge in [0, 0.05) is 16.7 Å². The molecule has 2 heterocycles. The van der Waals surface area contributed by atoms with Gasteiger partial charge in [0.1, 0.15) is 0 Å². The highest BCUT2D eigenvalue weighted by Crippen LogP contribution is 2.35. The van der Waals surface area contributed by atoms with Crippen LogP contribution in [0.5, 0.6) is 0 Å². The number of halogens is 1. The highest BCUT2D eigenvalue weighted by molar-refractivity contribution is 9.10. The van der Waals surface area contributed by atoms with Gasteiger partial charge in [-0.3, -0.25) is 28.5 Å². The SMILES string of the molecule is NCC(C(=O)Nc1ccccc1CCC(C(=O)O)C(=O)O)[C@@H]1CCc2cc(Br)cc3[nH]c(=O)c(=O)n1c23. The van der Waals surface area contributed by atoms with Gasteiger partial charge in [-0.25, -0.2) is 0 Å².